The van der Waals surface area contributed by atoms with Crippen molar-refractivity contribution in [2.24, 2.45) is 5.92 Å². The molecule has 0 amide bonds. The molecule has 4 heteroatoms. The molecule has 0 aliphatic carbocycles. The summed E-state index contributed by atoms with van der Waals surface area (Å²) in [5.74, 6) is 0.00563. The Bertz CT molecular complexity index is 369. The van der Waals surface area contributed by atoms with E-state index in [4.69, 9.17) is 10.5 Å². The summed E-state index contributed by atoms with van der Waals surface area (Å²) in [5.41, 5.74) is 6.76. The van der Waals surface area contributed by atoms with Crippen LogP contribution in [0.5, 0.6) is 0 Å². The van der Waals surface area contributed by atoms with Gasteiger partial charge in [-0.1, -0.05) is 13.8 Å². The Balaban J connectivity index is 2.80. The molecule has 0 aromatic carbocycles. The average Bonchev–Trinajstić information content (AvgIpc) is 2.59. The van der Waals surface area contributed by atoms with Gasteiger partial charge in [0.15, 0.2) is 0 Å². The molecule has 0 fully saturated rings. The van der Waals surface area contributed by atoms with Crippen molar-refractivity contribution >= 4 is 11.7 Å². The summed E-state index contributed by atoms with van der Waals surface area (Å²) in [6.07, 6.45) is 1.66. The van der Waals surface area contributed by atoms with Crippen molar-refractivity contribution in [1.82, 2.24) is 4.57 Å². The smallest absolute Gasteiger partial charge is 0.355 e. The van der Waals surface area contributed by atoms with Gasteiger partial charge in [0.05, 0.1) is 5.69 Å². The first-order chi connectivity index (χ1) is 7.45. The third kappa shape index (κ3) is 2.78. The fraction of sp³-hybridized carbons (Fsp3) is 0.583. The van der Waals surface area contributed by atoms with E-state index in [-0.39, 0.29) is 12.1 Å². The first-order valence-electron chi connectivity index (χ1n) is 5.62. The molecule has 1 aromatic rings. The quantitative estimate of drug-likeness (QED) is 0.798. The summed E-state index contributed by atoms with van der Waals surface area (Å²) >= 11 is 0. The van der Waals surface area contributed by atoms with Gasteiger partial charge < -0.3 is 15.0 Å². The van der Waals surface area contributed by atoms with Crippen LogP contribution < -0.4 is 5.73 Å². The molecular formula is C12H20N2O2. The minimum absolute atomic E-state index is 0.0890. The zero-order valence-electron chi connectivity index (χ0n) is 10.4. The van der Waals surface area contributed by atoms with Crippen molar-refractivity contribution in [2.45, 2.75) is 40.3 Å². The lowest BCUT2D eigenvalue weighted by Gasteiger charge is -2.16. The van der Waals surface area contributed by atoms with Crippen LogP contribution in [0.15, 0.2) is 12.3 Å². The van der Waals surface area contributed by atoms with Crippen molar-refractivity contribution in [1.29, 1.82) is 0 Å². The van der Waals surface area contributed by atoms with Crippen LogP contribution in [0.2, 0.25) is 0 Å². The van der Waals surface area contributed by atoms with E-state index in [1.54, 1.807) is 16.8 Å². The Hall–Kier alpha value is -1.45. The number of esters is 1. The minimum atomic E-state index is -0.306. The Kier molecular flexibility index (Phi) is 3.99. The van der Waals surface area contributed by atoms with Gasteiger partial charge in [0.2, 0.25) is 0 Å². The second-order valence-electron chi connectivity index (χ2n) is 4.30. The molecule has 4 nitrogen and oxygen atoms in total. The fourth-order valence-corrected chi connectivity index (χ4v) is 1.33. The van der Waals surface area contributed by atoms with E-state index in [0.717, 1.165) is 0 Å². The van der Waals surface area contributed by atoms with Gasteiger partial charge in [-0.25, -0.2) is 4.79 Å². The van der Waals surface area contributed by atoms with Gasteiger partial charge in [0.25, 0.3) is 0 Å². The highest BCUT2D eigenvalue weighted by molar-refractivity contribution is 5.89. The number of ether oxygens (including phenoxy) is 1. The number of nitrogens with two attached hydrogens (primary N) is 1. The van der Waals surface area contributed by atoms with Gasteiger partial charge in [-0.05, 0) is 25.8 Å². The number of anilines is 1. The second-order valence-corrected chi connectivity index (χ2v) is 4.30. The Morgan fingerprint density at radius 2 is 2.12 bits per heavy atom. The van der Waals surface area contributed by atoms with E-state index in [9.17, 15) is 4.79 Å². The number of carbonyl (C=O) groups is 1. The predicted molar refractivity (Wildman–Crippen MR) is 64.2 cm³/mol. The van der Waals surface area contributed by atoms with Gasteiger partial charge in [-0.2, -0.15) is 0 Å². The molecule has 0 spiro atoms. The number of aromatic nitrogens is 1. The summed E-state index contributed by atoms with van der Waals surface area (Å²) in [6.45, 7) is 8.60. The first-order valence-corrected chi connectivity index (χ1v) is 5.62. The lowest BCUT2D eigenvalue weighted by Crippen LogP contribution is -2.21. The Labute approximate surface area is 96.4 Å². The van der Waals surface area contributed by atoms with Crippen LogP contribution in [0.1, 0.15) is 38.2 Å². The summed E-state index contributed by atoms with van der Waals surface area (Å²) in [5, 5.41) is 0. The lowest BCUT2D eigenvalue weighted by molar-refractivity contribution is 0.0226. The number of hydrogen-bond donors (Lipinski definition) is 1. The molecule has 1 rings (SSSR count). The predicted octanol–water partition coefficient (Wildman–Crippen LogP) is 2.29. The number of rotatable bonds is 4. The maximum absolute atomic E-state index is 11.9. The summed E-state index contributed by atoms with van der Waals surface area (Å²) in [6, 6.07) is 1.65. The summed E-state index contributed by atoms with van der Waals surface area (Å²) < 4.78 is 7.13. The third-order valence-electron chi connectivity index (χ3n) is 2.70. The van der Waals surface area contributed by atoms with Crippen molar-refractivity contribution in [3.05, 3.63) is 18.0 Å². The number of nitrogen functional groups attached to an aromatic ring is 1. The van der Waals surface area contributed by atoms with E-state index in [2.05, 4.69) is 0 Å². The molecule has 90 valence electrons. The van der Waals surface area contributed by atoms with E-state index in [1.807, 2.05) is 27.7 Å². The van der Waals surface area contributed by atoms with Crippen molar-refractivity contribution in [3.63, 3.8) is 0 Å². The molecule has 1 heterocycles. The monoisotopic (exact) mass is 224 g/mol. The molecule has 0 aliphatic rings. The molecule has 0 saturated carbocycles. The number of nitrogens with zero attached hydrogens (tertiary/aromatic N) is 1. The van der Waals surface area contributed by atoms with Gasteiger partial charge >= 0.3 is 5.97 Å². The highest BCUT2D eigenvalue weighted by Crippen LogP contribution is 2.14. The maximum Gasteiger partial charge on any atom is 0.355 e. The van der Waals surface area contributed by atoms with Crippen LogP contribution >= 0.6 is 0 Å². The topological polar surface area (TPSA) is 57.2 Å². The molecular weight excluding hydrogens is 204 g/mol. The van der Waals surface area contributed by atoms with E-state index < -0.39 is 0 Å². The van der Waals surface area contributed by atoms with Crippen LogP contribution in [-0.2, 0) is 11.3 Å². The number of carbonyl (C=O) groups excluding carboxylic acids is 1. The fourth-order valence-electron chi connectivity index (χ4n) is 1.33. The average molecular weight is 224 g/mol. The van der Waals surface area contributed by atoms with Crippen LogP contribution in [0.4, 0.5) is 5.69 Å². The lowest BCUT2D eigenvalue weighted by atomic mass is 10.1. The van der Waals surface area contributed by atoms with Gasteiger partial charge in [0, 0.05) is 12.7 Å². The van der Waals surface area contributed by atoms with Crippen molar-refractivity contribution in [2.75, 3.05) is 5.73 Å². The van der Waals surface area contributed by atoms with Crippen molar-refractivity contribution in [3.8, 4) is 0 Å². The molecule has 0 radical (unpaired) electrons. The standard InChI is InChI=1S/C12H20N2O2/c1-5-14-7-10(13)6-11(14)12(15)16-9(4)8(2)3/h6-9H,5,13H2,1-4H3. The normalized spacial score (nSPS) is 12.8. The van der Waals surface area contributed by atoms with Crippen molar-refractivity contribution < 1.29 is 9.53 Å². The van der Waals surface area contributed by atoms with E-state index in [1.165, 1.54) is 0 Å². The zero-order valence-corrected chi connectivity index (χ0v) is 10.4. The minimum Gasteiger partial charge on any atom is -0.458 e. The third-order valence-corrected chi connectivity index (χ3v) is 2.70. The SMILES string of the molecule is CCn1cc(N)cc1C(=O)OC(C)C(C)C. The summed E-state index contributed by atoms with van der Waals surface area (Å²) in [7, 11) is 0. The summed E-state index contributed by atoms with van der Waals surface area (Å²) in [4.78, 5) is 11.9. The first kappa shape index (κ1) is 12.6. The number of aryl methyl sites for hydroxylation is 1. The van der Waals surface area contributed by atoms with E-state index in [0.29, 0.717) is 23.8 Å². The number of hydrogen-bond acceptors (Lipinski definition) is 3. The molecule has 1 aromatic heterocycles. The van der Waals surface area contributed by atoms with Crippen LogP contribution in [-0.4, -0.2) is 16.6 Å². The van der Waals surface area contributed by atoms with Crippen LogP contribution in [0, 0.1) is 5.92 Å². The van der Waals surface area contributed by atoms with Crippen LogP contribution in [0.25, 0.3) is 0 Å². The molecule has 2 N–H and O–H groups in total. The largest absolute Gasteiger partial charge is 0.458 e. The molecule has 16 heavy (non-hydrogen) atoms. The highest BCUT2D eigenvalue weighted by Gasteiger charge is 2.18. The van der Waals surface area contributed by atoms with E-state index >= 15 is 0 Å². The van der Waals surface area contributed by atoms with Gasteiger partial charge in [-0.3, -0.25) is 0 Å². The maximum atomic E-state index is 11.9. The molecule has 0 aliphatic heterocycles. The van der Waals surface area contributed by atoms with Gasteiger partial charge in [0.1, 0.15) is 11.8 Å². The Morgan fingerprint density at radius 1 is 1.50 bits per heavy atom. The van der Waals surface area contributed by atoms with Crippen LogP contribution in [0.3, 0.4) is 0 Å². The molecule has 0 saturated heterocycles. The zero-order chi connectivity index (χ0) is 12.3. The molecule has 1 atom stereocenters. The molecule has 1 unspecified atom stereocenters. The Morgan fingerprint density at radius 3 is 2.62 bits per heavy atom. The second kappa shape index (κ2) is 5.05. The molecule has 0 bridgehead atoms. The van der Waals surface area contributed by atoms with Gasteiger partial charge in [-0.15, -0.1) is 0 Å². The highest BCUT2D eigenvalue weighted by atomic mass is 16.5.